The predicted molar refractivity (Wildman–Crippen MR) is 77.0 cm³/mol. The Kier molecular flexibility index (Phi) is 6.04. The Morgan fingerprint density at radius 1 is 1.38 bits per heavy atom. The number of nitrogens with one attached hydrogen (secondary N) is 1. The Morgan fingerprint density at radius 2 is 2.12 bits per heavy atom. The van der Waals surface area contributed by atoms with Crippen LogP contribution in [0.3, 0.4) is 0 Å². The minimum atomic E-state index is -1.32. The summed E-state index contributed by atoms with van der Waals surface area (Å²) in [6.07, 6.45) is -0.332. The van der Waals surface area contributed by atoms with Crippen molar-refractivity contribution in [1.29, 1.82) is 0 Å². The zero-order valence-electron chi connectivity index (χ0n) is 12.9. The molecule has 132 valence electrons. The highest BCUT2D eigenvalue weighted by atomic mass is 19.2. The second-order valence-corrected chi connectivity index (χ2v) is 5.13. The van der Waals surface area contributed by atoms with E-state index in [1.165, 1.54) is 7.11 Å². The van der Waals surface area contributed by atoms with Gasteiger partial charge in [-0.05, 0) is 18.6 Å². The van der Waals surface area contributed by atoms with Gasteiger partial charge in [0.1, 0.15) is 12.7 Å². The van der Waals surface area contributed by atoms with Crippen LogP contribution in [0.15, 0.2) is 12.1 Å². The van der Waals surface area contributed by atoms with Crippen LogP contribution < -0.4 is 10.1 Å². The molecule has 1 aliphatic rings. The van der Waals surface area contributed by atoms with Gasteiger partial charge in [0.15, 0.2) is 11.6 Å². The van der Waals surface area contributed by atoms with Gasteiger partial charge in [-0.15, -0.1) is 0 Å². The van der Waals surface area contributed by atoms with E-state index in [9.17, 15) is 18.4 Å². The van der Waals surface area contributed by atoms with Crippen molar-refractivity contribution in [3.63, 3.8) is 0 Å². The monoisotopic (exact) mass is 345 g/mol. The lowest BCUT2D eigenvalue weighted by atomic mass is 10.0. The summed E-state index contributed by atoms with van der Waals surface area (Å²) in [6.45, 7) is -0.124. The minimum Gasteiger partial charge on any atom is -0.494 e. The van der Waals surface area contributed by atoms with Gasteiger partial charge in [-0.1, -0.05) is 0 Å². The van der Waals surface area contributed by atoms with Gasteiger partial charge >= 0.3 is 5.97 Å². The number of aliphatic carboxylic acids is 1. The summed E-state index contributed by atoms with van der Waals surface area (Å²) in [5.74, 6) is -4.87. The van der Waals surface area contributed by atoms with Gasteiger partial charge in [-0.25, -0.2) is 9.18 Å². The van der Waals surface area contributed by atoms with Crippen molar-refractivity contribution in [2.24, 2.45) is 0 Å². The zero-order chi connectivity index (χ0) is 17.7. The number of carbonyl (C=O) groups is 2. The number of carboxylic acids is 1. The van der Waals surface area contributed by atoms with E-state index in [-0.39, 0.29) is 12.4 Å². The number of hydrogen-bond donors (Lipinski definition) is 2. The first-order chi connectivity index (χ1) is 11.4. The Bertz CT molecular complexity index is 624. The van der Waals surface area contributed by atoms with Crippen molar-refractivity contribution >= 4 is 11.9 Å². The molecule has 0 aromatic heterocycles. The van der Waals surface area contributed by atoms with Crippen LogP contribution in [0.1, 0.15) is 16.8 Å². The summed E-state index contributed by atoms with van der Waals surface area (Å²) in [7, 11) is 1.18. The van der Waals surface area contributed by atoms with Crippen molar-refractivity contribution < 1.29 is 37.7 Å². The molecule has 2 atom stereocenters. The molecule has 1 aromatic rings. The van der Waals surface area contributed by atoms with E-state index in [4.69, 9.17) is 14.6 Å². The number of rotatable bonds is 6. The molecular weight excluding hydrogens is 328 g/mol. The summed E-state index contributed by atoms with van der Waals surface area (Å²) in [5.41, 5.74) is -0.475. The van der Waals surface area contributed by atoms with Crippen molar-refractivity contribution in [2.45, 2.75) is 18.6 Å². The van der Waals surface area contributed by atoms with Crippen LogP contribution in [-0.4, -0.2) is 56.1 Å². The normalized spacial score (nSPS) is 20.5. The molecule has 0 radical (unpaired) electrons. The van der Waals surface area contributed by atoms with Crippen molar-refractivity contribution in [1.82, 2.24) is 5.32 Å². The number of halogens is 2. The second kappa shape index (κ2) is 8.02. The topological polar surface area (TPSA) is 94.1 Å². The highest BCUT2D eigenvalue weighted by Gasteiger charge is 2.30. The standard InChI is InChI=1S/C15H17F2NO6/c1-22-10-3-2-8(13(16)14(10)17)15(21)18-9-4-5-23-6-11(9)24-7-12(19)20/h2-3,9,11H,4-7H2,1H3,(H,18,21)(H,19,20)/t9-,11-/m1/s1. The third kappa shape index (κ3) is 4.18. The molecule has 0 unspecified atom stereocenters. The Labute approximate surface area is 136 Å². The van der Waals surface area contributed by atoms with Crippen molar-refractivity contribution in [2.75, 3.05) is 26.9 Å². The molecule has 1 amide bonds. The van der Waals surface area contributed by atoms with E-state index < -0.39 is 47.8 Å². The molecular formula is C15H17F2NO6. The van der Waals surface area contributed by atoms with E-state index in [0.29, 0.717) is 13.0 Å². The fourth-order valence-electron chi connectivity index (χ4n) is 2.33. The van der Waals surface area contributed by atoms with Gasteiger partial charge in [-0.2, -0.15) is 4.39 Å². The van der Waals surface area contributed by atoms with Crippen LogP contribution in [0.2, 0.25) is 0 Å². The molecule has 1 aliphatic heterocycles. The van der Waals surface area contributed by atoms with Crippen LogP contribution in [0.4, 0.5) is 8.78 Å². The fourth-order valence-corrected chi connectivity index (χ4v) is 2.33. The largest absolute Gasteiger partial charge is 0.494 e. The van der Waals surface area contributed by atoms with Gasteiger partial charge < -0.3 is 24.6 Å². The Hall–Kier alpha value is -2.26. The molecule has 2 rings (SSSR count). The Balaban J connectivity index is 2.09. The molecule has 0 saturated carbocycles. The lowest BCUT2D eigenvalue weighted by Gasteiger charge is -2.31. The summed E-state index contributed by atoms with van der Waals surface area (Å²) >= 11 is 0. The number of carbonyl (C=O) groups excluding carboxylic acids is 1. The molecule has 0 spiro atoms. The smallest absolute Gasteiger partial charge is 0.329 e. The van der Waals surface area contributed by atoms with Crippen LogP contribution in [0, 0.1) is 11.6 Å². The summed E-state index contributed by atoms with van der Waals surface area (Å²) in [4.78, 5) is 22.8. The number of carboxylic acid groups (broad SMARTS) is 1. The molecule has 0 aliphatic carbocycles. The first-order valence-electron chi connectivity index (χ1n) is 7.18. The van der Waals surface area contributed by atoms with E-state index in [2.05, 4.69) is 10.1 Å². The third-order valence-corrected chi connectivity index (χ3v) is 3.55. The molecule has 7 nitrogen and oxygen atoms in total. The summed E-state index contributed by atoms with van der Waals surface area (Å²) in [5, 5.41) is 11.2. The van der Waals surface area contributed by atoms with Gasteiger partial charge in [0.25, 0.3) is 5.91 Å². The van der Waals surface area contributed by atoms with Crippen molar-refractivity contribution in [3.8, 4) is 5.75 Å². The van der Waals surface area contributed by atoms with E-state index in [1.54, 1.807) is 0 Å². The summed E-state index contributed by atoms with van der Waals surface area (Å²) in [6, 6.07) is 1.68. The maximum Gasteiger partial charge on any atom is 0.329 e. The molecule has 1 aromatic carbocycles. The molecule has 1 fully saturated rings. The molecule has 24 heavy (non-hydrogen) atoms. The molecule has 9 heteroatoms. The average molecular weight is 345 g/mol. The highest BCUT2D eigenvalue weighted by Crippen LogP contribution is 2.23. The quantitative estimate of drug-likeness (QED) is 0.798. The SMILES string of the molecule is COc1ccc(C(=O)N[C@@H]2CCOC[C@H]2OCC(=O)O)c(F)c1F. The van der Waals surface area contributed by atoms with E-state index >= 15 is 0 Å². The third-order valence-electron chi connectivity index (χ3n) is 3.55. The Morgan fingerprint density at radius 3 is 2.79 bits per heavy atom. The van der Waals surface area contributed by atoms with Crippen LogP contribution in [-0.2, 0) is 14.3 Å². The minimum absolute atomic E-state index is 0.0949. The summed E-state index contributed by atoms with van der Waals surface area (Å²) < 4.78 is 42.6. The second-order valence-electron chi connectivity index (χ2n) is 5.13. The average Bonchev–Trinajstić information content (AvgIpc) is 2.56. The lowest BCUT2D eigenvalue weighted by Crippen LogP contribution is -2.50. The maximum atomic E-state index is 14.0. The van der Waals surface area contributed by atoms with Crippen LogP contribution in [0.25, 0.3) is 0 Å². The highest BCUT2D eigenvalue weighted by molar-refractivity contribution is 5.94. The van der Waals surface area contributed by atoms with Gasteiger partial charge in [0, 0.05) is 6.61 Å². The molecule has 1 heterocycles. The molecule has 2 N–H and O–H groups in total. The van der Waals surface area contributed by atoms with Crippen LogP contribution in [0.5, 0.6) is 5.75 Å². The van der Waals surface area contributed by atoms with Crippen LogP contribution >= 0.6 is 0 Å². The van der Waals surface area contributed by atoms with Gasteiger partial charge in [0.05, 0.1) is 25.3 Å². The first-order valence-corrected chi connectivity index (χ1v) is 7.18. The maximum absolute atomic E-state index is 14.0. The zero-order valence-corrected chi connectivity index (χ0v) is 12.9. The molecule has 0 bridgehead atoms. The van der Waals surface area contributed by atoms with Gasteiger partial charge in [0.2, 0.25) is 5.82 Å². The van der Waals surface area contributed by atoms with E-state index in [0.717, 1.165) is 12.1 Å². The lowest BCUT2D eigenvalue weighted by molar-refractivity contribution is -0.148. The van der Waals surface area contributed by atoms with E-state index in [1.807, 2.05) is 0 Å². The first kappa shape index (κ1) is 18.1. The number of benzene rings is 1. The number of methoxy groups -OCH3 is 1. The molecule has 1 saturated heterocycles. The van der Waals surface area contributed by atoms with Gasteiger partial charge in [-0.3, -0.25) is 4.79 Å². The predicted octanol–water partition coefficient (Wildman–Crippen LogP) is 0.962. The fraction of sp³-hybridized carbons (Fsp3) is 0.467. The van der Waals surface area contributed by atoms with Crippen molar-refractivity contribution in [3.05, 3.63) is 29.3 Å². The number of hydrogen-bond acceptors (Lipinski definition) is 5. The number of ether oxygens (including phenoxy) is 3. The number of amides is 1.